The number of rotatable bonds is 4. The summed E-state index contributed by atoms with van der Waals surface area (Å²) in [5, 5.41) is 9.05. The average molecular weight is 145 g/mol. The Morgan fingerprint density at radius 2 is 2.20 bits per heavy atom. The van der Waals surface area contributed by atoms with E-state index in [-0.39, 0.29) is 11.8 Å². The van der Waals surface area contributed by atoms with Crippen LogP contribution >= 0.6 is 0 Å². The lowest BCUT2D eigenvalue weighted by molar-refractivity contribution is -0.125. The fraction of sp³-hybridized carbons (Fsp3) is 0.857. The number of aliphatic hydroxyl groups is 1. The first kappa shape index (κ1) is 9.59. The van der Waals surface area contributed by atoms with Crippen LogP contribution in [0.2, 0.25) is 0 Å². The zero-order valence-electron chi connectivity index (χ0n) is 6.50. The van der Waals surface area contributed by atoms with Crippen molar-refractivity contribution in [3.63, 3.8) is 0 Å². The van der Waals surface area contributed by atoms with Gasteiger partial charge in [-0.2, -0.15) is 0 Å². The molecule has 60 valence electrons. The van der Waals surface area contributed by atoms with E-state index < -0.39 is 6.10 Å². The zero-order chi connectivity index (χ0) is 8.15. The molecule has 0 saturated carbocycles. The van der Waals surface area contributed by atoms with Gasteiger partial charge < -0.3 is 10.8 Å². The first-order chi connectivity index (χ1) is 4.59. The Hall–Kier alpha value is -0.410. The van der Waals surface area contributed by atoms with Crippen LogP contribution in [-0.4, -0.2) is 23.0 Å². The van der Waals surface area contributed by atoms with Crippen molar-refractivity contribution < 1.29 is 9.90 Å². The van der Waals surface area contributed by atoms with Crippen LogP contribution in [0.4, 0.5) is 0 Å². The normalized spacial score (nSPS) is 16.4. The number of aliphatic hydroxyl groups excluding tert-OH is 1. The zero-order valence-corrected chi connectivity index (χ0v) is 6.50. The monoisotopic (exact) mass is 145 g/mol. The summed E-state index contributed by atoms with van der Waals surface area (Å²) < 4.78 is 0. The van der Waals surface area contributed by atoms with Crippen molar-refractivity contribution in [3.05, 3.63) is 0 Å². The summed E-state index contributed by atoms with van der Waals surface area (Å²) >= 11 is 0. The number of hydrogen-bond donors (Lipinski definition) is 2. The van der Waals surface area contributed by atoms with Crippen LogP contribution in [-0.2, 0) is 4.79 Å². The molecule has 0 aromatic rings. The molecule has 0 saturated heterocycles. The van der Waals surface area contributed by atoms with Gasteiger partial charge in [0.1, 0.15) is 6.10 Å². The number of carbonyl (C=O) groups excluding carboxylic acids is 1. The molecule has 3 heteroatoms. The van der Waals surface area contributed by atoms with Gasteiger partial charge in [0.05, 0.1) is 0 Å². The van der Waals surface area contributed by atoms with Gasteiger partial charge in [-0.25, -0.2) is 0 Å². The molecule has 2 atom stereocenters. The fourth-order valence-electron chi connectivity index (χ4n) is 0.793. The third kappa shape index (κ3) is 2.94. The third-order valence-electron chi connectivity index (χ3n) is 1.44. The second-order valence-corrected chi connectivity index (χ2v) is 2.51. The van der Waals surface area contributed by atoms with Crippen LogP contribution in [0.25, 0.3) is 0 Å². The highest BCUT2D eigenvalue weighted by molar-refractivity contribution is 5.80. The SMILES string of the molecule is CCCC(N)[C@H](O)C(C)=O. The van der Waals surface area contributed by atoms with Crippen LogP contribution in [0.1, 0.15) is 26.7 Å². The van der Waals surface area contributed by atoms with E-state index in [2.05, 4.69) is 0 Å². The lowest BCUT2D eigenvalue weighted by Crippen LogP contribution is -2.39. The fourth-order valence-corrected chi connectivity index (χ4v) is 0.793. The molecule has 0 aliphatic rings. The van der Waals surface area contributed by atoms with Gasteiger partial charge in [-0.3, -0.25) is 4.79 Å². The van der Waals surface area contributed by atoms with Gasteiger partial charge in [0, 0.05) is 6.04 Å². The van der Waals surface area contributed by atoms with Crippen molar-refractivity contribution >= 4 is 5.78 Å². The standard InChI is InChI=1S/C7H15NO2/c1-3-4-6(8)7(10)5(2)9/h6-7,10H,3-4,8H2,1-2H3/t6?,7-/m1/s1. The summed E-state index contributed by atoms with van der Waals surface area (Å²) in [6, 6.07) is -0.387. The molecule has 3 nitrogen and oxygen atoms in total. The molecule has 0 radical (unpaired) electrons. The predicted octanol–water partition coefficient (Wildman–Crippen LogP) is 0.0637. The molecule has 0 spiro atoms. The third-order valence-corrected chi connectivity index (χ3v) is 1.44. The minimum absolute atomic E-state index is 0.249. The van der Waals surface area contributed by atoms with Crippen LogP contribution in [0, 0.1) is 0 Å². The maximum absolute atomic E-state index is 10.5. The number of carbonyl (C=O) groups is 1. The van der Waals surface area contributed by atoms with E-state index in [1.807, 2.05) is 6.92 Å². The molecular formula is C7H15NO2. The van der Waals surface area contributed by atoms with E-state index in [9.17, 15) is 4.79 Å². The van der Waals surface area contributed by atoms with Gasteiger partial charge in [0.25, 0.3) is 0 Å². The van der Waals surface area contributed by atoms with Gasteiger partial charge in [-0.05, 0) is 13.3 Å². The van der Waals surface area contributed by atoms with Crippen molar-refractivity contribution in [1.82, 2.24) is 0 Å². The molecule has 0 aromatic heterocycles. The van der Waals surface area contributed by atoms with E-state index in [0.717, 1.165) is 6.42 Å². The second-order valence-electron chi connectivity index (χ2n) is 2.51. The van der Waals surface area contributed by atoms with Crippen molar-refractivity contribution in [3.8, 4) is 0 Å². The molecule has 1 unspecified atom stereocenters. The van der Waals surface area contributed by atoms with Gasteiger partial charge in [0.15, 0.2) is 5.78 Å². The second kappa shape index (κ2) is 4.41. The number of ketones is 1. The molecule has 0 aliphatic carbocycles. The topological polar surface area (TPSA) is 63.3 Å². The van der Waals surface area contributed by atoms with Gasteiger partial charge in [-0.1, -0.05) is 13.3 Å². The molecule has 0 fully saturated rings. The van der Waals surface area contributed by atoms with Crippen molar-refractivity contribution in [1.29, 1.82) is 0 Å². The maximum Gasteiger partial charge on any atom is 0.159 e. The van der Waals surface area contributed by atoms with Crippen molar-refractivity contribution in [2.45, 2.75) is 38.8 Å². The summed E-state index contributed by atoms with van der Waals surface area (Å²) in [6.45, 7) is 3.31. The van der Waals surface area contributed by atoms with Crippen LogP contribution in [0.3, 0.4) is 0 Å². The summed E-state index contributed by atoms with van der Waals surface area (Å²) in [6.07, 6.45) is 0.617. The molecule has 0 amide bonds. The summed E-state index contributed by atoms with van der Waals surface area (Å²) in [4.78, 5) is 10.5. The molecule has 0 heterocycles. The first-order valence-electron chi connectivity index (χ1n) is 3.53. The van der Waals surface area contributed by atoms with E-state index in [1.165, 1.54) is 6.92 Å². The number of nitrogens with two attached hydrogens (primary N) is 1. The van der Waals surface area contributed by atoms with Crippen molar-refractivity contribution in [2.24, 2.45) is 5.73 Å². The lowest BCUT2D eigenvalue weighted by atomic mass is 10.0. The van der Waals surface area contributed by atoms with Crippen molar-refractivity contribution in [2.75, 3.05) is 0 Å². The van der Waals surface area contributed by atoms with E-state index in [4.69, 9.17) is 10.8 Å². The van der Waals surface area contributed by atoms with Gasteiger partial charge in [0.2, 0.25) is 0 Å². The minimum atomic E-state index is -0.972. The molecule has 10 heavy (non-hydrogen) atoms. The predicted molar refractivity (Wildman–Crippen MR) is 39.6 cm³/mol. The Kier molecular flexibility index (Phi) is 4.23. The molecule has 0 rings (SSSR count). The van der Waals surface area contributed by atoms with Gasteiger partial charge >= 0.3 is 0 Å². The quantitative estimate of drug-likeness (QED) is 0.588. The summed E-state index contributed by atoms with van der Waals surface area (Å²) in [5.41, 5.74) is 5.46. The van der Waals surface area contributed by atoms with E-state index >= 15 is 0 Å². The van der Waals surface area contributed by atoms with Crippen LogP contribution in [0.5, 0.6) is 0 Å². The largest absolute Gasteiger partial charge is 0.384 e. The smallest absolute Gasteiger partial charge is 0.159 e. The number of hydrogen-bond acceptors (Lipinski definition) is 3. The Labute approximate surface area is 61.2 Å². The Morgan fingerprint density at radius 1 is 1.70 bits per heavy atom. The highest BCUT2D eigenvalue weighted by Crippen LogP contribution is 1.99. The van der Waals surface area contributed by atoms with E-state index in [1.54, 1.807) is 0 Å². The molecule has 0 aliphatic heterocycles. The average Bonchev–Trinajstić information content (AvgIpc) is 1.87. The Bertz CT molecular complexity index is 114. The minimum Gasteiger partial charge on any atom is -0.384 e. The van der Waals surface area contributed by atoms with Gasteiger partial charge in [-0.15, -0.1) is 0 Å². The van der Waals surface area contributed by atoms with E-state index in [0.29, 0.717) is 6.42 Å². The molecule has 0 aromatic carbocycles. The summed E-state index contributed by atoms with van der Waals surface area (Å²) in [5.74, 6) is -0.249. The molecule has 3 N–H and O–H groups in total. The summed E-state index contributed by atoms with van der Waals surface area (Å²) in [7, 11) is 0. The highest BCUT2D eigenvalue weighted by Gasteiger charge is 2.17. The van der Waals surface area contributed by atoms with Crippen LogP contribution in [0.15, 0.2) is 0 Å². The number of Topliss-reactive ketones (excluding diaryl/α,β-unsaturated/α-hetero) is 1. The molecule has 0 bridgehead atoms. The molecular weight excluding hydrogens is 130 g/mol. The van der Waals surface area contributed by atoms with Crippen LogP contribution < -0.4 is 5.73 Å². The maximum atomic E-state index is 10.5. The first-order valence-corrected chi connectivity index (χ1v) is 3.53. The Balaban J connectivity index is 3.69. The Morgan fingerprint density at radius 3 is 2.50 bits per heavy atom. The lowest BCUT2D eigenvalue weighted by Gasteiger charge is -2.14. The highest BCUT2D eigenvalue weighted by atomic mass is 16.3.